The highest BCUT2D eigenvalue weighted by atomic mass is 31.2. The van der Waals surface area contributed by atoms with Gasteiger partial charge in [-0.1, -0.05) is 180 Å². The third kappa shape index (κ3) is 42.9. The summed E-state index contributed by atoms with van der Waals surface area (Å²) in [5.41, 5.74) is 0. The van der Waals surface area contributed by atoms with Gasteiger partial charge in [0, 0.05) is 0 Å². The highest BCUT2D eigenvalue weighted by molar-refractivity contribution is 7.47. The average Bonchev–Trinajstić information content (AvgIpc) is 3.07. The van der Waals surface area contributed by atoms with Crippen LogP contribution in [0.1, 0.15) is 193 Å². The van der Waals surface area contributed by atoms with Crippen molar-refractivity contribution in [2.75, 3.05) is 67.7 Å². The van der Waals surface area contributed by atoms with E-state index in [1.807, 2.05) is 28.2 Å². The van der Waals surface area contributed by atoms with E-state index in [0.29, 0.717) is 26.3 Å². The number of hydrogen-bond acceptors (Lipinski definition) is 6. The van der Waals surface area contributed by atoms with Crippen LogP contribution in [0.2, 0.25) is 0 Å². The SMILES string of the molecule is C[NH+](C)CCOP(=O)(O)OCCCCCCCCCCCCCCCCCCCCCCCCCCCCCCCCOP(=O)(O)OCC[NH+](C)C. The molecule has 314 valence electrons. The average molecular weight is 787 g/mol. The molecule has 0 amide bonds. The molecule has 0 heterocycles. The second-order valence-corrected chi connectivity index (χ2v) is 18.7. The van der Waals surface area contributed by atoms with Crippen molar-refractivity contribution in [2.45, 2.75) is 193 Å². The molecule has 2 unspecified atom stereocenters. The molecular formula is C40H88N2O8P2+2. The second-order valence-electron chi connectivity index (χ2n) is 15.8. The van der Waals surface area contributed by atoms with Crippen molar-refractivity contribution in [3.8, 4) is 0 Å². The molecule has 0 aliphatic heterocycles. The van der Waals surface area contributed by atoms with Gasteiger partial charge in [0.05, 0.1) is 41.4 Å². The fourth-order valence-corrected chi connectivity index (χ4v) is 7.83. The minimum Gasteiger partial charge on any atom is -0.338 e. The number of likely N-dealkylation sites (N-methyl/N-ethyl adjacent to an activating group) is 2. The lowest BCUT2D eigenvalue weighted by Crippen LogP contribution is -3.06. The van der Waals surface area contributed by atoms with Gasteiger partial charge < -0.3 is 19.6 Å². The molecule has 0 aromatic rings. The van der Waals surface area contributed by atoms with E-state index in [9.17, 15) is 18.9 Å². The molecule has 52 heavy (non-hydrogen) atoms. The molecule has 0 saturated carbocycles. The molecular weight excluding hydrogens is 698 g/mol. The Hall–Kier alpha value is 0.140. The molecule has 0 aromatic heterocycles. The lowest BCUT2D eigenvalue weighted by atomic mass is 10.0. The first kappa shape index (κ1) is 52.1. The number of hydrogen-bond donors (Lipinski definition) is 4. The zero-order chi connectivity index (χ0) is 38.4. The first-order valence-electron chi connectivity index (χ1n) is 21.9. The monoisotopic (exact) mass is 787 g/mol. The van der Waals surface area contributed by atoms with Crippen molar-refractivity contribution < 1.29 is 46.8 Å². The number of unbranched alkanes of at least 4 members (excludes halogenated alkanes) is 29. The van der Waals surface area contributed by atoms with Crippen molar-refractivity contribution in [3.05, 3.63) is 0 Å². The topological polar surface area (TPSA) is 120 Å². The fourth-order valence-electron chi connectivity index (χ4n) is 6.32. The van der Waals surface area contributed by atoms with Crippen LogP contribution in [-0.2, 0) is 27.2 Å². The van der Waals surface area contributed by atoms with Crippen LogP contribution in [0.5, 0.6) is 0 Å². The molecule has 0 radical (unpaired) electrons. The highest BCUT2D eigenvalue weighted by Crippen LogP contribution is 2.43. The van der Waals surface area contributed by atoms with Crippen LogP contribution in [0.15, 0.2) is 0 Å². The van der Waals surface area contributed by atoms with E-state index in [4.69, 9.17) is 18.1 Å². The van der Waals surface area contributed by atoms with E-state index in [-0.39, 0.29) is 13.2 Å². The van der Waals surface area contributed by atoms with Crippen LogP contribution in [0.3, 0.4) is 0 Å². The standard InChI is InChI=1S/C40H86N2O8P2/c1-41(2)35-39-49-51(43,44)47-37-33-31-29-27-25-23-21-19-17-15-13-11-9-7-5-6-8-10-12-14-16-18-20-22-24-26-28-30-32-34-38-48-52(45,46)50-40-36-42(3)4/h5-40H2,1-4H3,(H,43,44)(H,45,46)/p+2. The third-order valence-corrected chi connectivity index (χ3v) is 11.8. The number of phosphoric ester groups is 2. The van der Waals surface area contributed by atoms with Crippen molar-refractivity contribution in [1.29, 1.82) is 0 Å². The van der Waals surface area contributed by atoms with E-state index in [0.717, 1.165) is 25.7 Å². The normalized spacial score (nSPS) is 14.4. The van der Waals surface area contributed by atoms with Gasteiger partial charge in [0.25, 0.3) is 0 Å². The largest absolute Gasteiger partial charge is 0.472 e. The molecule has 0 spiro atoms. The number of rotatable bonds is 43. The Bertz CT molecular complexity index is 771. The predicted molar refractivity (Wildman–Crippen MR) is 217 cm³/mol. The van der Waals surface area contributed by atoms with E-state index in [1.54, 1.807) is 0 Å². The molecule has 10 nitrogen and oxygen atoms in total. The molecule has 0 rings (SSSR count). The van der Waals surface area contributed by atoms with Gasteiger partial charge in [-0.3, -0.25) is 18.1 Å². The summed E-state index contributed by atoms with van der Waals surface area (Å²) in [6, 6.07) is 0. The van der Waals surface area contributed by atoms with Crippen LogP contribution < -0.4 is 9.80 Å². The van der Waals surface area contributed by atoms with Gasteiger partial charge in [0.2, 0.25) is 0 Å². The highest BCUT2D eigenvalue weighted by Gasteiger charge is 2.21. The Kier molecular flexibility index (Phi) is 38.1. The molecule has 0 fully saturated rings. The molecule has 2 atom stereocenters. The smallest absolute Gasteiger partial charge is 0.338 e. The van der Waals surface area contributed by atoms with E-state index in [2.05, 4.69) is 0 Å². The van der Waals surface area contributed by atoms with Crippen LogP contribution in [0.4, 0.5) is 0 Å². The van der Waals surface area contributed by atoms with Crippen LogP contribution in [0, 0.1) is 0 Å². The van der Waals surface area contributed by atoms with Gasteiger partial charge in [-0.25, -0.2) is 9.13 Å². The second kappa shape index (κ2) is 38.0. The number of quaternary nitrogens is 2. The molecule has 12 heteroatoms. The summed E-state index contributed by atoms with van der Waals surface area (Å²) in [4.78, 5) is 21.7. The Labute approximate surface area is 322 Å². The summed E-state index contributed by atoms with van der Waals surface area (Å²) in [7, 11) is 0.150. The van der Waals surface area contributed by atoms with Gasteiger partial charge >= 0.3 is 15.6 Å². The molecule has 4 N–H and O–H groups in total. The maximum Gasteiger partial charge on any atom is 0.472 e. The van der Waals surface area contributed by atoms with Crippen LogP contribution in [-0.4, -0.2) is 77.5 Å². The Morgan fingerprint density at radius 1 is 0.308 bits per heavy atom. The Morgan fingerprint density at radius 3 is 0.635 bits per heavy atom. The molecule has 0 saturated heterocycles. The maximum absolute atomic E-state index is 11.8. The zero-order valence-corrected chi connectivity index (χ0v) is 36.5. The van der Waals surface area contributed by atoms with Crippen molar-refractivity contribution >= 4 is 15.6 Å². The number of nitrogens with one attached hydrogen (secondary N) is 2. The summed E-state index contributed by atoms with van der Waals surface area (Å²) < 4.78 is 43.6. The summed E-state index contributed by atoms with van der Waals surface area (Å²) in [5.74, 6) is 0. The molecule has 0 aromatic carbocycles. The summed E-state index contributed by atoms with van der Waals surface area (Å²) in [6.45, 7) is 2.42. The third-order valence-electron chi connectivity index (χ3n) is 9.76. The molecule has 0 aliphatic carbocycles. The first-order chi connectivity index (χ1) is 25.0. The van der Waals surface area contributed by atoms with Gasteiger partial charge in [0.1, 0.15) is 26.3 Å². The first-order valence-corrected chi connectivity index (χ1v) is 24.8. The van der Waals surface area contributed by atoms with Gasteiger partial charge in [-0.2, -0.15) is 0 Å². The summed E-state index contributed by atoms with van der Waals surface area (Å²) >= 11 is 0. The molecule has 0 aliphatic rings. The van der Waals surface area contributed by atoms with Gasteiger partial charge in [0.15, 0.2) is 0 Å². The maximum atomic E-state index is 11.8. The molecule has 0 bridgehead atoms. The van der Waals surface area contributed by atoms with Crippen molar-refractivity contribution in [3.63, 3.8) is 0 Å². The van der Waals surface area contributed by atoms with Crippen LogP contribution in [0.25, 0.3) is 0 Å². The Morgan fingerprint density at radius 2 is 0.462 bits per heavy atom. The van der Waals surface area contributed by atoms with Gasteiger partial charge in [-0.15, -0.1) is 0 Å². The fraction of sp³-hybridized carbons (Fsp3) is 1.00. The van der Waals surface area contributed by atoms with Crippen LogP contribution >= 0.6 is 15.6 Å². The zero-order valence-electron chi connectivity index (χ0n) is 34.7. The van der Waals surface area contributed by atoms with Gasteiger partial charge in [-0.05, 0) is 12.8 Å². The Balaban J connectivity index is 3.20. The predicted octanol–water partition coefficient (Wildman–Crippen LogP) is 9.25. The lowest BCUT2D eigenvalue weighted by Gasteiger charge is -2.13. The summed E-state index contributed by atoms with van der Waals surface area (Å²) in [6.07, 6.45) is 39.1. The van der Waals surface area contributed by atoms with E-state index >= 15 is 0 Å². The minimum atomic E-state index is -3.88. The minimum absolute atomic E-state index is 0.237. The van der Waals surface area contributed by atoms with Crippen molar-refractivity contribution in [2.24, 2.45) is 0 Å². The quantitative estimate of drug-likeness (QED) is 0.0357. The number of phosphoric acid groups is 2. The van der Waals surface area contributed by atoms with E-state index < -0.39 is 15.6 Å². The lowest BCUT2D eigenvalue weighted by molar-refractivity contribution is -0.858. The van der Waals surface area contributed by atoms with Crippen molar-refractivity contribution in [1.82, 2.24) is 0 Å². The summed E-state index contributed by atoms with van der Waals surface area (Å²) in [5, 5.41) is 0. The van der Waals surface area contributed by atoms with E-state index in [1.165, 1.54) is 177 Å².